The number of aryl methyl sites for hydroxylation is 2. The largest absolute Gasteiger partial charge is 0.350 e. The minimum Gasteiger partial charge on any atom is -0.350 e. The van der Waals surface area contributed by atoms with Crippen LogP contribution in [-0.2, 0) is 12.8 Å². The Morgan fingerprint density at radius 3 is 2.10 bits per heavy atom. The van der Waals surface area contributed by atoms with Crippen molar-refractivity contribution in [2.75, 3.05) is 0 Å². The minimum atomic E-state index is 0.0129. The Labute approximate surface area is 127 Å². The molecular formula is C19H23NO. The summed E-state index contributed by atoms with van der Waals surface area (Å²) < 4.78 is 0. The summed E-state index contributed by atoms with van der Waals surface area (Å²) in [6.45, 7) is 4.09. The molecule has 0 aliphatic heterocycles. The SMILES string of the molecule is CCC(C)NC(=O)c1ccc(CCc2ccccc2)cc1. The Balaban J connectivity index is 1.91. The molecule has 0 fully saturated rings. The summed E-state index contributed by atoms with van der Waals surface area (Å²) in [4.78, 5) is 12.0. The molecule has 2 rings (SSSR count). The van der Waals surface area contributed by atoms with E-state index < -0.39 is 0 Å². The first-order valence-electron chi connectivity index (χ1n) is 7.62. The van der Waals surface area contributed by atoms with Gasteiger partial charge in [-0.15, -0.1) is 0 Å². The minimum absolute atomic E-state index is 0.0129. The van der Waals surface area contributed by atoms with E-state index in [-0.39, 0.29) is 11.9 Å². The summed E-state index contributed by atoms with van der Waals surface area (Å²) in [5.41, 5.74) is 3.34. The van der Waals surface area contributed by atoms with Gasteiger partial charge in [0.2, 0.25) is 0 Å². The third kappa shape index (κ3) is 4.75. The average molecular weight is 281 g/mol. The van der Waals surface area contributed by atoms with Gasteiger partial charge in [-0.3, -0.25) is 4.79 Å². The Hall–Kier alpha value is -2.09. The zero-order chi connectivity index (χ0) is 15.1. The molecule has 2 aromatic rings. The molecule has 0 radical (unpaired) electrons. The lowest BCUT2D eigenvalue weighted by Crippen LogP contribution is -2.31. The zero-order valence-electron chi connectivity index (χ0n) is 12.8. The van der Waals surface area contributed by atoms with Crippen molar-refractivity contribution in [2.45, 2.75) is 39.2 Å². The van der Waals surface area contributed by atoms with Crippen molar-refractivity contribution < 1.29 is 4.79 Å². The molecule has 0 heterocycles. The van der Waals surface area contributed by atoms with E-state index in [9.17, 15) is 4.79 Å². The van der Waals surface area contributed by atoms with Crippen LogP contribution in [0, 0.1) is 0 Å². The fourth-order valence-electron chi connectivity index (χ4n) is 2.17. The monoisotopic (exact) mass is 281 g/mol. The van der Waals surface area contributed by atoms with Crippen LogP contribution < -0.4 is 5.32 Å². The molecule has 0 aromatic heterocycles. The van der Waals surface area contributed by atoms with Gasteiger partial charge in [-0.2, -0.15) is 0 Å². The number of hydrogen-bond donors (Lipinski definition) is 1. The number of carbonyl (C=O) groups is 1. The first-order chi connectivity index (χ1) is 10.2. The number of carbonyl (C=O) groups excluding carboxylic acids is 1. The second kappa shape index (κ2) is 7.63. The van der Waals surface area contributed by atoms with Gasteiger partial charge < -0.3 is 5.32 Å². The molecule has 0 saturated heterocycles. The molecule has 1 N–H and O–H groups in total. The van der Waals surface area contributed by atoms with Gasteiger partial charge >= 0.3 is 0 Å². The van der Waals surface area contributed by atoms with Crippen molar-refractivity contribution >= 4 is 5.91 Å². The molecule has 1 unspecified atom stereocenters. The Morgan fingerprint density at radius 1 is 0.952 bits per heavy atom. The highest BCUT2D eigenvalue weighted by atomic mass is 16.1. The first kappa shape index (κ1) is 15.3. The van der Waals surface area contributed by atoms with Gasteiger partial charge in [-0.25, -0.2) is 0 Å². The van der Waals surface area contributed by atoms with Crippen LogP contribution in [0.2, 0.25) is 0 Å². The molecule has 2 heteroatoms. The van der Waals surface area contributed by atoms with Gasteiger partial charge in [0.15, 0.2) is 0 Å². The van der Waals surface area contributed by atoms with Gasteiger partial charge in [0.25, 0.3) is 5.91 Å². The van der Waals surface area contributed by atoms with E-state index in [1.54, 1.807) is 0 Å². The van der Waals surface area contributed by atoms with Crippen molar-refractivity contribution in [3.05, 3.63) is 71.3 Å². The van der Waals surface area contributed by atoms with Crippen LogP contribution in [0.5, 0.6) is 0 Å². The fraction of sp³-hybridized carbons (Fsp3) is 0.316. The van der Waals surface area contributed by atoms with Gasteiger partial charge in [0.05, 0.1) is 0 Å². The fourth-order valence-corrected chi connectivity index (χ4v) is 2.17. The van der Waals surface area contributed by atoms with Crippen LogP contribution in [-0.4, -0.2) is 11.9 Å². The molecule has 0 bridgehead atoms. The van der Waals surface area contributed by atoms with E-state index in [1.807, 2.05) is 25.1 Å². The van der Waals surface area contributed by atoms with Gasteiger partial charge in [0, 0.05) is 11.6 Å². The Kier molecular flexibility index (Phi) is 5.56. The van der Waals surface area contributed by atoms with Crippen LogP contribution in [0.3, 0.4) is 0 Å². The van der Waals surface area contributed by atoms with E-state index in [2.05, 4.69) is 48.6 Å². The molecule has 1 amide bonds. The standard InChI is InChI=1S/C19H23NO/c1-3-15(2)20-19(21)18-13-11-17(12-14-18)10-9-16-7-5-4-6-8-16/h4-8,11-15H,3,9-10H2,1-2H3,(H,20,21). The number of hydrogen-bond acceptors (Lipinski definition) is 1. The zero-order valence-corrected chi connectivity index (χ0v) is 12.8. The van der Waals surface area contributed by atoms with Crippen molar-refractivity contribution in [1.29, 1.82) is 0 Å². The van der Waals surface area contributed by atoms with Crippen LogP contribution in [0.1, 0.15) is 41.8 Å². The number of benzene rings is 2. The molecule has 0 aliphatic rings. The van der Waals surface area contributed by atoms with E-state index >= 15 is 0 Å². The highest BCUT2D eigenvalue weighted by molar-refractivity contribution is 5.94. The van der Waals surface area contributed by atoms with E-state index in [0.717, 1.165) is 24.8 Å². The summed E-state index contributed by atoms with van der Waals surface area (Å²) in [5, 5.41) is 2.98. The second-order valence-corrected chi connectivity index (χ2v) is 5.47. The summed E-state index contributed by atoms with van der Waals surface area (Å²) in [5.74, 6) is 0.0129. The molecule has 110 valence electrons. The summed E-state index contributed by atoms with van der Waals surface area (Å²) in [6, 6.07) is 18.6. The molecular weight excluding hydrogens is 258 g/mol. The topological polar surface area (TPSA) is 29.1 Å². The van der Waals surface area contributed by atoms with Crippen LogP contribution in [0.25, 0.3) is 0 Å². The van der Waals surface area contributed by atoms with E-state index in [4.69, 9.17) is 0 Å². The maximum Gasteiger partial charge on any atom is 0.251 e. The first-order valence-corrected chi connectivity index (χ1v) is 7.62. The van der Waals surface area contributed by atoms with Gasteiger partial charge in [-0.1, -0.05) is 49.4 Å². The van der Waals surface area contributed by atoms with E-state index in [0.29, 0.717) is 0 Å². The Morgan fingerprint density at radius 2 is 1.52 bits per heavy atom. The van der Waals surface area contributed by atoms with Gasteiger partial charge in [0.1, 0.15) is 0 Å². The summed E-state index contributed by atoms with van der Waals surface area (Å²) >= 11 is 0. The molecule has 1 atom stereocenters. The molecule has 2 aromatic carbocycles. The maximum atomic E-state index is 12.0. The molecule has 0 saturated carbocycles. The smallest absolute Gasteiger partial charge is 0.251 e. The van der Waals surface area contributed by atoms with Gasteiger partial charge in [-0.05, 0) is 49.4 Å². The quantitative estimate of drug-likeness (QED) is 0.852. The Bertz CT molecular complexity index is 560. The van der Waals surface area contributed by atoms with Crippen molar-refractivity contribution in [3.63, 3.8) is 0 Å². The third-order valence-electron chi connectivity index (χ3n) is 3.75. The van der Waals surface area contributed by atoms with Crippen molar-refractivity contribution in [1.82, 2.24) is 5.32 Å². The normalized spacial score (nSPS) is 11.9. The van der Waals surface area contributed by atoms with Crippen LogP contribution in [0.15, 0.2) is 54.6 Å². The summed E-state index contributed by atoms with van der Waals surface area (Å²) in [7, 11) is 0. The average Bonchev–Trinajstić information content (AvgIpc) is 2.54. The predicted molar refractivity (Wildman–Crippen MR) is 87.5 cm³/mol. The van der Waals surface area contributed by atoms with Crippen molar-refractivity contribution in [2.24, 2.45) is 0 Å². The van der Waals surface area contributed by atoms with E-state index in [1.165, 1.54) is 11.1 Å². The lowest BCUT2D eigenvalue weighted by atomic mass is 10.0. The van der Waals surface area contributed by atoms with Crippen molar-refractivity contribution in [3.8, 4) is 0 Å². The maximum absolute atomic E-state index is 12.0. The highest BCUT2D eigenvalue weighted by Gasteiger charge is 2.08. The highest BCUT2D eigenvalue weighted by Crippen LogP contribution is 2.09. The molecule has 0 spiro atoms. The predicted octanol–water partition coefficient (Wildman–Crippen LogP) is 4.00. The lowest BCUT2D eigenvalue weighted by molar-refractivity contribution is 0.0939. The third-order valence-corrected chi connectivity index (χ3v) is 3.75. The number of amides is 1. The van der Waals surface area contributed by atoms with Crippen LogP contribution in [0.4, 0.5) is 0 Å². The molecule has 0 aliphatic carbocycles. The molecule has 2 nitrogen and oxygen atoms in total. The lowest BCUT2D eigenvalue weighted by Gasteiger charge is -2.11. The summed E-state index contributed by atoms with van der Waals surface area (Å²) in [6.07, 6.45) is 2.97. The number of rotatable bonds is 6. The van der Waals surface area contributed by atoms with Crippen LogP contribution >= 0.6 is 0 Å². The number of nitrogens with one attached hydrogen (secondary N) is 1. The second-order valence-electron chi connectivity index (χ2n) is 5.47. The molecule has 21 heavy (non-hydrogen) atoms.